The lowest BCUT2D eigenvalue weighted by molar-refractivity contribution is 0.322. The Hall–Kier alpha value is -2.64. The van der Waals surface area contributed by atoms with E-state index in [0.29, 0.717) is 6.42 Å². The van der Waals surface area contributed by atoms with Crippen molar-refractivity contribution in [3.8, 4) is 11.1 Å². The van der Waals surface area contributed by atoms with E-state index in [-0.39, 0.29) is 12.0 Å². The summed E-state index contributed by atoms with van der Waals surface area (Å²) in [6.07, 6.45) is 0.710. The summed E-state index contributed by atoms with van der Waals surface area (Å²) < 4.78 is 0. The van der Waals surface area contributed by atoms with Gasteiger partial charge in [0.25, 0.3) is 0 Å². The van der Waals surface area contributed by atoms with E-state index in [9.17, 15) is 5.11 Å². The van der Waals surface area contributed by atoms with Crippen molar-refractivity contribution in [2.24, 2.45) is 0 Å². The number of aliphatic hydroxyl groups excluding tert-OH is 1. The van der Waals surface area contributed by atoms with Crippen molar-refractivity contribution in [3.05, 3.63) is 108 Å². The molecule has 0 aliphatic heterocycles. The molecule has 24 heavy (non-hydrogen) atoms. The summed E-state index contributed by atoms with van der Waals surface area (Å²) in [5.74, 6) is 0. The summed E-state index contributed by atoms with van der Waals surface area (Å²) in [7, 11) is 0. The molecule has 0 bridgehead atoms. The maximum absolute atomic E-state index is 9.65. The van der Waals surface area contributed by atoms with Gasteiger partial charge in [-0.2, -0.15) is 0 Å². The van der Waals surface area contributed by atoms with Crippen LogP contribution in [-0.4, -0.2) is 11.7 Å². The largest absolute Gasteiger partial charge is 0.392 e. The number of aliphatic hydroxyl groups is 1. The summed E-state index contributed by atoms with van der Waals surface area (Å²) in [5, 5.41) is 9.65. The van der Waals surface area contributed by atoms with E-state index in [2.05, 4.69) is 79.4 Å². The van der Waals surface area contributed by atoms with Crippen molar-refractivity contribution in [2.75, 3.05) is 6.61 Å². The van der Waals surface area contributed by atoms with Gasteiger partial charge in [-0.15, -0.1) is 0 Å². The lowest BCUT2D eigenvalue weighted by atomic mass is 9.69. The van der Waals surface area contributed by atoms with Crippen LogP contribution in [0.3, 0.4) is 0 Å². The SMILES string of the molecule is C=C(CO)CC1(c2ccccc2)c2ccccc2-c2ccccc21. The Bertz CT molecular complexity index is 847. The number of hydrogen-bond acceptors (Lipinski definition) is 1. The number of hydrogen-bond donors (Lipinski definition) is 1. The average Bonchev–Trinajstić information content (AvgIpc) is 2.94. The fraction of sp³-hybridized carbons (Fsp3) is 0.130. The molecule has 0 aromatic heterocycles. The van der Waals surface area contributed by atoms with Crippen LogP contribution in [0.5, 0.6) is 0 Å². The monoisotopic (exact) mass is 312 g/mol. The Labute approximate surface area is 142 Å². The lowest BCUT2D eigenvalue weighted by Crippen LogP contribution is -2.28. The second-order valence-corrected chi connectivity index (χ2v) is 6.45. The molecule has 1 nitrogen and oxygen atoms in total. The van der Waals surface area contributed by atoms with Crippen LogP contribution in [0.2, 0.25) is 0 Å². The minimum absolute atomic E-state index is 0.0128. The summed E-state index contributed by atoms with van der Waals surface area (Å²) in [5.41, 5.74) is 6.97. The highest BCUT2D eigenvalue weighted by Gasteiger charge is 2.44. The van der Waals surface area contributed by atoms with Gasteiger partial charge in [0.05, 0.1) is 12.0 Å². The van der Waals surface area contributed by atoms with E-state index in [1.54, 1.807) is 0 Å². The van der Waals surface area contributed by atoms with Crippen LogP contribution < -0.4 is 0 Å². The molecule has 1 aliphatic carbocycles. The maximum atomic E-state index is 9.65. The molecule has 0 atom stereocenters. The van der Waals surface area contributed by atoms with Gasteiger partial charge in [-0.1, -0.05) is 91.0 Å². The van der Waals surface area contributed by atoms with Crippen molar-refractivity contribution in [3.63, 3.8) is 0 Å². The minimum Gasteiger partial charge on any atom is -0.392 e. The lowest BCUT2D eigenvalue weighted by Gasteiger charge is -2.33. The number of fused-ring (bicyclic) bond motifs is 3. The third-order valence-electron chi connectivity index (χ3n) is 5.07. The molecule has 1 N–H and O–H groups in total. The summed E-state index contributed by atoms with van der Waals surface area (Å²) in [6.45, 7) is 4.12. The quantitative estimate of drug-likeness (QED) is 0.677. The standard InChI is InChI=1S/C23H20O/c1-17(16-24)15-23(18-9-3-2-4-10-18)21-13-7-5-11-19(21)20-12-6-8-14-22(20)23/h2-14,24H,1,15-16H2. The zero-order chi connectivity index (χ0) is 16.6. The van der Waals surface area contributed by atoms with E-state index >= 15 is 0 Å². The average molecular weight is 312 g/mol. The molecule has 3 aromatic rings. The molecule has 0 spiro atoms. The van der Waals surface area contributed by atoms with Crippen LogP contribution in [0, 0.1) is 0 Å². The van der Waals surface area contributed by atoms with Gasteiger partial charge in [0.2, 0.25) is 0 Å². The molecule has 0 saturated heterocycles. The van der Waals surface area contributed by atoms with Crippen molar-refractivity contribution < 1.29 is 5.11 Å². The number of benzene rings is 3. The van der Waals surface area contributed by atoms with Crippen LogP contribution in [-0.2, 0) is 5.41 Å². The Morgan fingerprint density at radius 3 is 1.79 bits per heavy atom. The molecule has 0 amide bonds. The van der Waals surface area contributed by atoms with Gasteiger partial charge in [0, 0.05) is 0 Å². The molecule has 0 unspecified atom stereocenters. The molecule has 0 saturated carbocycles. The Morgan fingerprint density at radius 1 is 0.750 bits per heavy atom. The zero-order valence-electron chi connectivity index (χ0n) is 13.6. The van der Waals surface area contributed by atoms with Gasteiger partial charge in [-0.05, 0) is 34.2 Å². The molecule has 118 valence electrons. The van der Waals surface area contributed by atoms with Gasteiger partial charge in [-0.25, -0.2) is 0 Å². The second kappa shape index (κ2) is 5.77. The Balaban J connectivity index is 2.08. The summed E-state index contributed by atoms with van der Waals surface area (Å²) in [6, 6.07) is 27.8. The van der Waals surface area contributed by atoms with Crippen molar-refractivity contribution in [1.29, 1.82) is 0 Å². The topological polar surface area (TPSA) is 20.2 Å². The predicted molar refractivity (Wildman–Crippen MR) is 99.0 cm³/mol. The normalized spacial score (nSPS) is 14.0. The van der Waals surface area contributed by atoms with E-state index in [0.717, 1.165) is 5.57 Å². The van der Waals surface area contributed by atoms with Crippen LogP contribution in [0.4, 0.5) is 0 Å². The van der Waals surface area contributed by atoms with E-state index in [4.69, 9.17) is 0 Å². The van der Waals surface area contributed by atoms with Crippen LogP contribution >= 0.6 is 0 Å². The molecule has 0 heterocycles. The first kappa shape index (κ1) is 14.9. The third kappa shape index (κ3) is 2.05. The van der Waals surface area contributed by atoms with Gasteiger partial charge in [-0.3, -0.25) is 0 Å². The minimum atomic E-state index is -0.283. The second-order valence-electron chi connectivity index (χ2n) is 6.45. The molecular weight excluding hydrogens is 292 g/mol. The highest BCUT2D eigenvalue weighted by molar-refractivity contribution is 5.83. The van der Waals surface area contributed by atoms with Crippen LogP contribution in [0.15, 0.2) is 91.0 Å². The van der Waals surface area contributed by atoms with E-state index in [1.807, 2.05) is 6.07 Å². The van der Waals surface area contributed by atoms with Crippen LogP contribution in [0.25, 0.3) is 11.1 Å². The van der Waals surface area contributed by atoms with Crippen molar-refractivity contribution >= 4 is 0 Å². The summed E-state index contributed by atoms with van der Waals surface area (Å²) >= 11 is 0. The fourth-order valence-electron chi connectivity index (χ4n) is 4.08. The van der Waals surface area contributed by atoms with Gasteiger partial charge in [0.1, 0.15) is 0 Å². The molecule has 1 aliphatic rings. The molecule has 3 aromatic carbocycles. The van der Waals surface area contributed by atoms with Gasteiger partial charge >= 0.3 is 0 Å². The predicted octanol–water partition coefficient (Wildman–Crippen LogP) is 4.94. The van der Waals surface area contributed by atoms with E-state index < -0.39 is 0 Å². The van der Waals surface area contributed by atoms with Crippen molar-refractivity contribution in [2.45, 2.75) is 11.8 Å². The first-order valence-electron chi connectivity index (χ1n) is 8.30. The third-order valence-corrected chi connectivity index (χ3v) is 5.07. The molecule has 0 radical (unpaired) electrons. The van der Waals surface area contributed by atoms with Gasteiger partial charge in [0.15, 0.2) is 0 Å². The number of rotatable bonds is 4. The fourth-order valence-corrected chi connectivity index (χ4v) is 4.08. The smallest absolute Gasteiger partial charge is 0.0639 e. The molecule has 4 rings (SSSR count). The first-order valence-corrected chi connectivity index (χ1v) is 8.30. The maximum Gasteiger partial charge on any atom is 0.0639 e. The van der Waals surface area contributed by atoms with Crippen molar-refractivity contribution in [1.82, 2.24) is 0 Å². The summed E-state index contributed by atoms with van der Waals surface area (Å²) in [4.78, 5) is 0. The Morgan fingerprint density at radius 2 is 1.25 bits per heavy atom. The highest BCUT2D eigenvalue weighted by atomic mass is 16.3. The van der Waals surface area contributed by atoms with Crippen LogP contribution in [0.1, 0.15) is 23.1 Å². The molecular formula is C23H20O. The zero-order valence-corrected chi connectivity index (χ0v) is 13.6. The molecule has 1 heteroatoms. The highest BCUT2D eigenvalue weighted by Crippen LogP contribution is 2.55. The van der Waals surface area contributed by atoms with Gasteiger partial charge < -0.3 is 5.11 Å². The first-order chi connectivity index (χ1) is 11.8. The Kier molecular flexibility index (Phi) is 3.59. The van der Waals surface area contributed by atoms with E-state index in [1.165, 1.54) is 27.8 Å². The molecule has 0 fully saturated rings.